The molecular weight excluding hydrogens is 275 g/mol. The zero-order valence-electron chi connectivity index (χ0n) is 11.9. The molecule has 0 saturated heterocycles. The molecule has 0 aromatic heterocycles. The molecule has 0 aliphatic carbocycles. The highest BCUT2D eigenvalue weighted by molar-refractivity contribution is 5.79. The zero-order valence-corrected chi connectivity index (χ0v) is 11.9. The third-order valence-electron chi connectivity index (χ3n) is 4.04. The zero-order chi connectivity index (χ0) is 15.0. The predicted octanol–water partition coefficient (Wildman–Crippen LogP) is 4.56. The average molecular weight is 290 g/mol. The van der Waals surface area contributed by atoms with Crippen LogP contribution in [0.2, 0.25) is 0 Å². The lowest BCUT2D eigenvalue weighted by molar-refractivity contribution is 0.615. The number of para-hydroxylation sites is 2. The molecule has 0 unspecified atom stereocenters. The van der Waals surface area contributed by atoms with Crippen molar-refractivity contribution < 1.29 is 4.39 Å². The summed E-state index contributed by atoms with van der Waals surface area (Å²) >= 11 is 0. The van der Waals surface area contributed by atoms with E-state index in [1.54, 1.807) is 12.1 Å². The lowest BCUT2D eigenvalue weighted by atomic mass is 9.91. The fourth-order valence-corrected chi connectivity index (χ4v) is 3.00. The Balaban J connectivity index is 1.91. The first kappa shape index (κ1) is 12.9. The van der Waals surface area contributed by atoms with Crippen LogP contribution in [0.4, 0.5) is 15.8 Å². The Kier molecular flexibility index (Phi) is 2.86. The third kappa shape index (κ3) is 1.94. The maximum absolute atomic E-state index is 13.8. The van der Waals surface area contributed by atoms with Crippen LogP contribution in [0.25, 0.3) is 0 Å². The van der Waals surface area contributed by atoms with Crippen molar-refractivity contribution in [3.63, 3.8) is 0 Å². The molecule has 3 heteroatoms. The highest BCUT2D eigenvalue weighted by Crippen LogP contribution is 2.43. The predicted molar refractivity (Wildman–Crippen MR) is 87.3 cm³/mol. The first-order valence-corrected chi connectivity index (χ1v) is 7.25. The van der Waals surface area contributed by atoms with E-state index in [1.165, 1.54) is 6.07 Å². The second-order valence-corrected chi connectivity index (χ2v) is 5.42. The lowest BCUT2D eigenvalue weighted by Gasteiger charge is -2.32. The minimum atomic E-state index is -0.660. The van der Waals surface area contributed by atoms with Crippen LogP contribution < -0.4 is 10.6 Å². The summed E-state index contributed by atoms with van der Waals surface area (Å²) in [4.78, 5) is 0. The van der Waals surface area contributed by atoms with Crippen LogP contribution in [0.5, 0.6) is 0 Å². The average Bonchev–Trinajstić information content (AvgIpc) is 2.96. The molecule has 0 saturated carbocycles. The maximum atomic E-state index is 13.8. The van der Waals surface area contributed by atoms with Gasteiger partial charge in [0.15, 0.2) is 5.66 Å². The molecule has 0 spiro atoms. The van der Waals surface area contributed by atoms with Crippen LogP contribution in [0.3, 0.4) is 0 Å². The molecule has 3 aromatic carbocycles. The van der Waals surface area contributed by atoms with E-state index < -0.39 is 5.66 Å². The summed E-state index contributed by atoms with van der Waals surface area (Å²) in [7, 11) is 0. The first-order valence-electron chi connectivity index (χ1n) is 7.25. The van der Waals surface area contributed by atoms with E-state index >= 15 is 0 Å². The van der Waals surface area contributed by atoms with Gasteiger partial charge in [0.25, 0.3) is 0 Å². The van der Waals surface area contributed by atoms with Crippen molar-refractivity contribution in [3.05, 3.63) is 95.8 Å². The molecule has 2 N–H and O–H groups in total. The molecule has 22 heavy (non-hydrogen) atoms. The molecule has 2 nitrogen and oxygen atoms in total. The largest absolute Gasteiger partial charge is 0.354 e. The van der Waals surface area contributed by atoms with Gasteiger partial charge in [0.2, 0.25) is 0 Å². The van der Waals surface area contributed by atoms with Gasteiger partial charge in [-0.2, -0.15) is 0 Å². The molecule has 1 aliphatic rings. The van der Waals surface area contributed by atoms with Gasteiger partial charge in [-0.1, -0.05) is 54.6 Å². The number of halogens is 1. The molecule has 0 fully saturated rings. The van der Waals surface area contributed by atoms with Crippen molar-refractivity contribution in [1.82, 2.24) is 0 Å². The SMILES string of the molecule is Fc1cccc(C2(c3ccccc3)Nc3ccccc3N2)c1. The summed E-state index contributed by atoms with van der Waals surface area (Å²) < 4.78 is 13.8. The number of fused-ring (bicyclic) bond motifs is 1. The standard InChI is InChI=1S/C19H15FN2/c20-16-10-6-9-15(13-16)19(14-7-2-1-3-8-14)21-17-11-4-5-12-18(17)22-19/h1-13,21-22H. The molecule has 4 rings (SSSR count). The highest BCUT2D eigenvalue weighted by Gasteiger charge is 2.39. The van der Waals surface area contributed by atoms with Crippen LogP contribution in [-0.2, 0) is 5.66 Å². The van der Waals surface area contributed by atoms with E-state index in [1.807, 2.05) is 60.7 Å². The minimum Gasteiger partial charge on any atom is -0.354 e. The molecule has 1 aliphatic heterocycles. The Hall–Kier alpha value is -2.81. The second-order valence-electron chi connectivity index (χ2n) is 5.42. The van der Waals surface area contributed by atoms with Crippen LogP contribution in [-0.4, -0.2) is 0 Å². The maximum Gasteiger partial charge on any atom is 0.161 e. The van der Waals surface area contributed by atoms with E-state index in [4.69, 9.17) is 0 Å². The van der Waals surface area contributed by atoms with Crippen molar-refractivity contribution in [2.24, 2.45) is 0 Å². The number of benzene rings is 3. The number of rotatable bonds is 2. The van der Waals surface area contributed by atoms with Gasteiger partial charge in [-0.15, -0.1) is 0 Å². The number of anilines is 2. The number of hydrogen-bond donors (Lipinski definition) is 2. The summed E-state index contributed by atoms with van der Waals surface area (Å²) in [6, 6.07) is 24.7. The minimum absolute atomic E-state index is 0.243. The highest BCUT2D eigenvalue weighted by atomic mass is 19.1. The summed E-state index contributed by atoms with van der Waals surface area (Å²) in [5.74, 6) is -0.243. The van der Waals surface area contributed by atoms with Gasteiger partial charge in [0, 0.05) is 11.1 Å². The number of hydrogen-bond acceptors (Lipinski definition) is 2. The lowest BCUT2D eigenvalue weighted by Crippen LogP contribution is -2.40. The van der Waals surface area contributed by atoms with Crippen molar-refractivity contribution >= 4 is 11.4 Å². The van der Waals surface area contributed by atoms with Crippen molar-refractivity contribution in [2.75, 3.05) is 10.6 Å². The van der Waals surface area contributed by atoms with E-state index in [0.29, 0.717) is 0 Å². The molecule has 0 atom stereocenters. The Morgan fingerprint density at radius 1 is 0.636 bits per heavy atom. The van der Waals surface area contributed by atoms with E-state index in [0.717, 1.165) is 22.5 Å². The van der Waals surface area contributed by atoms with Gasteiger partial charge >= 0.3 is 0 Å². The van der Waals surface area contributed by atoms with Crippen molar-refractivity contribution in [3.8, 4) is 0 Å². The van der Waals surface area contributed by atoms with Crippen LogP contribution in [0.15, 0.2) is 78.9 Å². The topological polar surface area (TPSA) is 24.1 Å². The van der Waals surface area contributed by atoms with E-state index in [2.05, 4.69) is 10.6 Å². The van der Waals surface area contributed by atoms with E-state index in [-0.39, 0.29) is 5.82 Å². The van der Waals surface area contributed by atoms with Crippen molar-refractivity contribution in [2.45, 2.75) is 5.66 Å². The van der Waals surface area contributed by atoms with Crippen LogP contribution in [0.1, 0.15) is 11.1 Å². The molecular formula is C19H15FN2. The van der Waals surface area contributed by atoms with Gasteiger partial charge in [-0.3, -0.25) is 0 Å². The molecule has 0 radical (unpaired) electrons. The summed E-state index contributed by atoms with van der Waals surface area (Å²) in [6.45, 7) is 0. The van der Waals surface area contributed by atoms with Gasteiger partial charge in [0.05, 0.1) is 11.4 Å². The molecule has 0 bridgehead atoms. The molecule has 108 valence electrons. The fourth-order valence-electron chi connectivity index (χ4n) is 3.00. The van der Waals surface area contributed by atoms with Crippen LogP contribution in [0, 0.1) is 5.82 Å². The third-order valence-corrected chi connectivity index (χ3v) is 4.04. The van der Waals surface area contributed by atoms with Crippen LogP contribution >= 0.6 is 0 Å². The quantitative estimate of drug-likeness (QED) is 0.722. The summed E-state index contributed by atoms with van der Waals surface area (Å²) in [5, 5.41) is 7.06. The molecule has 1 heterocycles. The first-order chi connectivity index (χ1) is 10.8. The van der Waals surface area contributed by atoms with Gasteiger partial charge < -0.3 is 10.6 Å². The van der Waals surface area contributed by atoms with E-state index in [9.17, 15) is 4.39 Å². The monoisotopic (exact) mass is 290 g/mol. The normalized spacial score (nSPS) is 14.8. The Morgan fingerprint density at radius 2 is 1.23 bits per heavy atom. The second kappa shape index (κ2) is 4.88. The van der Waals surface area contributed by atoms with Crippen molar-refractivity contribution in [1.29, 1.82) is 0 Å². The molecule has 0 amide bonds. The van der Waals surface area contributed by atoms with Gasteiger partial charge in [0.1, 0.15) is 5.82 Å². The molecule has 3 aromatic rings. The van der Waals surface area contributed by atoms with Gasteiger partial charge in [-0.25, -0.2) is 4.39 Å². The smallest absolute Gasteiger partial charge is 0.161 e. The fraction of sp³-hybridized carbons (Fsp3) is 0.0526. The Morgan fingerprint density at radius 3 is 1.86 bits per heavy atom. The van der Waals surface area contributed by atoms with Gasteiger partial charge in [-0.05, 0) is 24.3 Å². The summed E-state index contributed by atoms with van der Waals surface area (Å²) in [6.07, 6.45) is 0. The Bertz CT molecular complexity index is 789. The summed E-state index contributed by atoms with van der Waals surface area (Å²) in [5.41, 5.74) is 3.24. The Labute approximate surface area is 128 Å². The number of nitrogens with one attached hydrogen (secondary N) is 2.